The summed E-state index contributed by atoms with van der Waals surface area (Å²) in [6.07, 6.45) is 2.62. The van der Waals surface area contributed by atoms with E-state index in [1.165, 1.54) is 13.4 Å². The summed E-state index contributed by atoms with van der Waals surface area (Å²) in [5, 5.41) is 8.16. The van der Waals surface area contributed by atoms with Crippen LogP contribution in [0.15, 0.2) is 104 Å². The predicted octanol–water partition coefficient (Wildman–Crippen LogP) is 2.88. The Balaban J connectivity index is 1.52. The monoisotopic (exact) mass is 597 g/mol. The van der Waals surface area contributed by atoms with Crippen LogP contribution in [-0.4, -0.2) is 59.1 Å². The van der Waals surface area contributed by atoms with Crippen molar-refractivity contribution in [2.75, 3.05) is 7.11 Å². The van der Waals surface area contributed by atoms with Crippen LogP contribution in [0.2, 0.25) is 0 Å². The lowest BCUT2D eigenvalue weighted by molar-refractivity contribution is -0.145. The second-order valence-corrected chi connectivity index (χ2v) is 10.1. The summed E-state index contributed by atoms with van der Waals surface area (Å²) in [6, 6.07) is 24.3. The standard InChI is InChI=1S/C33H35N5O6/c1-43-32(41)29(19-26-20-34-22-35-26)37-30(39)27(17-23-11-5-2-6-12-23)36-31(40)28(18-24-13-7-3-8-14-24)38-33(42)44-21-25-15-9-4-10-16-25/h2-16,20,22,27-29H,17-19,21H2,1H3,(H,34,35)(H,36,40)(H,37,39)(H,38,42)/t27-,28+,29-/m0/s1. The Morgan fingerprint density at radius 2 is 1.18 bits per heavy atom. The molecule has 44 heavy (non-hydrogen) atoms. The molecule has 0 aliphatic heterocycles. The molecule has 3 amide bonds. The topological polar surface area (TPSA) is 152 Å². The van der Waals surface area contributed by atoms with Crippen LogP contribution in [0.4, 0.5) is 4.79 Å². The number of hydrogen-bond acceptors (Lipinski definition) is 7. The smallest absolute Gasteiger partial charge is 0.408 e. The van der Waals surface area contributed by atoms with E-state index in [1.54, 1.807) is 6.20 Å². The van der Waals surface area contributed by atoms with Crippen LogP contribution < -0.4 is 16.0 Å². The third-order valence-electron chi connectivity index (χ3n) is 6.80. The van der Waals surface area contributed by atoms with Crippen LogP contribution in [0.1, 0.15) is 22.4 Å². The molecule has 1 aromatic heterocycles. The lowest BCUT2D eigenvalue weighted by Crippen LogP contribution is -2.57. The van der Waals surface area contributed by atoms with Crippen molar-refractivity contribution in [3.8, 4) is 0 Å². The predicted molar refractivity (Wildman–Crippen MR) is 162 cm³/mol. The first-order valence-electron chi connectivity index (χ1n) is 14.1. The first kappa shape index (κ1) is 31.5. The molecule has 0 aliphatic carbocycles. The highest BCUT2D eigenvalue weighted by atomic mass is 16.5. The lowest BCUT2D eigenvalue weighted by Gasteiger charge is -2.25. The number of benzene rings is 3. The van der Waals surface area contributed by atoms with Gasteiger partial charge in [0.2, 0.25) is 11.8 Å². The molecule has 0 spiro atoms. The SMILES string of the molecule is COC(=O)[C@H](Cc1cnc[nH]1)NC(=O)[C@H](Cc1ccccc1)NC(=O)[C@@H](Cc1ccccc1)NC(=O)OCc1ccccc1. The van der Waals surface area contributed by atoms with Crippen molar-refractivity contribution in [3.05, 3.63) is 126 Å². The summed E-state index contributed by atoms with van der Waals surface area (Å²) >= 11 is 0. The highest BCUT2D eigenvalue weighted by molar-refractivity contribution is 5.93. The van der Waals surface area contributed by atoms with Crippen LogP contribution in [-0.2, 0) is 49.7 Å². The molecular weight excluding hydrogens is 562 g/mol. The molecule has 11 nitrogen and oxygen atoms in total. The number of carbonyl (C=O) groups excluding carboxylic acids is 4. The number of ether oxygens (including phenoxy) is 2. The van der Waals surface area contributed by atoms with E-state index in [0.29, 0.717) is 5.69 Å². The van der Waals surface area contributed by atoms with Gasteiger partial charge in [0.05, 0.1) is 13.4 Å². The van der Waals surface area contributed by atoms with Gasteiger partial charge in [0.25, 0.3) is 0 Å². The second-order valence-electron chi connectivity index (χ2n) is 10.1. The molecule has 11 heteroatoms. The third kappa shape index (κ3) is 9.83. The number of rotatable bonds is 14. The quantitative estimate of drug-likeness (QED) is 0.163. The highest BCUT2D eigenvalue weighted by Gasteiger charge is 2.31. The van der Waals surface area contributed by atoms with Gasteiger partial charge in [0, 0.05) is 31.2 Å². The number of amides is 3. The highest BCUT2D eigenvalue weighted by Crippen LogP contribution is 2.09. The van der Waals surface area contributed by atoms with E-state index in [0.717, 1.165) is 16.7 Å². The van der Waals surface area contributed by atoms with Gasteiger partial charge < -0.3 is 30.4 Å². The number of hydrogen-bond donors (Lipinski definition) is 4. The summed E-state index contributed by atoms with van der Waals surface area (Å²) in [5.41, 5.74) is 2.99. The minimum absolute atomic E-state index is 0.0244. The molecule has 0 bridgehead atoms. The van der Waals surface area contributed by atoms with Gasteiger partial charge in [-0.05, 0) is 16.7 Å². The molecule has 0 radical (unpaired) electrons. The van der Waals surface area contributed by atoms with Gasteiger partial charge in [-0.15, -0.1) is 0 Å². The van der Waals surface area contributed by atoms with Gasteiger partial charge in [0.15, 0.2) is 0 Å². The van der Waals surface area contributed by atoms with E-state index in [2.05, 4.69) is 25.9 Å². The van der Waals surface area contributed by atoms with Gasteiger partial charge >= 0.3 is 12.1 Å². The van der Waals surface area contributed by atoms with Gasteiger partial charge in [-0.25, -0.2) is 14.6 Å². The van der Waals surface area contributed by atoms with E-state index >= 15 is 0 Å². The summed E-state index contributed by atoms with van der Waals surface area (Å²) in [7, 11) is 1.23. The number of esters is 1. The first-order chi connectivity index (χ1) is 21.4. The number of nitrogens with one attached hydrogen (secondary N) is 4. The van der Waals surface area contributed by atoms with Crippen molar-refractivity contribution in [2.45, 2.75) is 44.0 Å². The van der Waals surface area contributed by atoms with E-state index < -0.39 is 42.0 Å². The van der Waals surface area contributed by atoms with Crippen molar-refractivity contribution >= 4 is 23.9 Å². The average Bonchev–Trinajstić information content (AvgIpc) is 3.57. The Bertz CT molecular complexity index is 1480. The molecule has 228 valence electrons. The Kier molecular flexibility index (Phi) is 11.6. The van der Waals surface area contributed by atoms with Gasteiger partial charge in [0.1, 0.15) is 24.7 Å². The Labute approximate surface area is 255 Å². The molecule has 0 fully saturated rings. The van der Waals surface area contributed by atoms with E-state index in [4.69, 9.17) is 9.47 Å². The maximum atomic E-state index is 13.7. The van der Waals surface area contributed by atoms with Crippen LogP contribution in [0, 0.1) is 0 Å². The first-order valence-corrected chi connectivity index (χ1v) is 14.1. The largest absolute Gasteiger partial charge is 0.467 e. The maximum absolute atomic E-state index is 13.7. The normalized spacial score (nSPS) is 12.7. The number of H-pyrrole nitrogens is 1. The Morgan fingerprint density at radius 1 is 0.682 bits per heavy atom. The fourth-order valence-corrected chi connectivity index (χ4v) is 4.52. The Morgan fingerprint density at radius 3 is 1.68 bits per heavy atom. The van der Waals surface area contributed by atoms with Crippen LogP contribution >= 0.6 is 0 Å². The van der Waals surface area contributed by atoms with Crippen molar-refractivity contribution in [1.82, 2.24) is 25.9 Å². The van der Waals surface area contributed by atoms with Crippen molar-refractivity contribution < 1.29 is 28.7 Å². The lowest BCUT2D eigenvalue weighted by atomic mass is 10.0. The molecule has 3 atom stereocenters. The van der Waals surface area contributed by atoms with E-state index in [1.807, 2.05) is 91.0 Å². The minimum Gasteiger partial charge on any atom is -0.467 e. The van der Waals surface area contributed by atoms with Crippen molar-refractivity contribution in [1.29, 1.82) is 0 Å². The second kappa shape index (κ2) is 16.3. The van der Waals surface area contributed by atoms with E-state index in [-0.39, 0.29) is 25.9 Å². The van der Waals surface area contributed by atoms with Crippen LogP contribution in [0.25, 0.3) is 0 Å². The number of methoxy groups -OCH3 is 1. The zero-order valence-corrected chi connectivity index (χ0v) is 24.3. The third-order valence-corrected chi connectivity index (χ3v) is 6.80. The molecule has 0 saturated carbocycles. The summed E-state index contributed by atoms with van der Waals surface area (Å²) in [5.74, 6) is -1.84. The Hall–Kier alpha value is -5.45. The summed E-state index contributed by atoms with van der Waals surface area (Å²) in [4.78, 5) is 59.6. The zero-order valence-electron chi connectivity index (χ0n) is 24.3. The van der Waals surface area contributed by atoms with Gasteiger partial charge in [-0.3, -0.25) is 9.59 Å². The number of alkyl carbamates (subject to hydrolysis) is 1. The molecule has 3 aromatic carbocycles. The molecule has 4 aromatic rings. The number of aromatic nitrogens is 2. The number of imidazole rings is 1. The summed E-state index contributed by atoms with van der Waals surface area (Å²) < 4.78 is 10.3. The molecule has 4 N–H and O–H groups in total. The summed E-state index contributed by atoms with van der Waals surface area (Å²) in [6.45, 7) is 0.0244. The molecule has 4 rings (SSSR count). The maximum Gasteiger partial charge on any atom is 0.408 e. The van der Waals surface area contributed by atoms with Crippen LogP contribution in [0.5, 0.6) is 0 Å². The van der Waals surface area contributed by atoms with Crippen molar-refractivity contribution in [3.63, 3.8) is 0 Å². The van der Waals surface area contributed by atoms with E-state index in [9.17, 15) is 19.2 Å². The molecule has 0 unspecified atom stereocenters. The van der Waals surface area contributed by atoms with Crippen molar-refractivity contribution in [2.24, 2.45) is 0 Å². The molecular formula is C33H35N5O6. The number of aromatic amines is 1. The van der Waals surface area contributed by atoms with Gasteiger partial charge in [-0.2, -0.15) is 0 Å². The molecule has 1 heterocycles. The van der Waals surface area contributed by atoms with Gasteiger partial charge in [-0.1, -0.05) is 91.0 Å². The fraction of sp³-hybridized carbons (Fsp3) is 0.242. The fourth-order valence-electron chi connectivity index (χ4n) is 4.52. The van der Waals surface area contributed by atoms with Crippen LogP contribution in [0.3, 0.4) is 0 Å². The molecule has 0 aliphatic rings. The number of carbonyl (C=O) groups is 4. The average molecular weight is 598 g/mol. The minimum atomic E-state index is -1.08. The molecule has 0 saturated heterocycles. The number of nitrogens with zero attached hydrogens (tertiary/aromatic N) is 1. The zero-order chi connectivity index (χ0) is 31.1.